The number of hydrogen-bond donors (Lipinski definition) is 0. The van der Waals surface area contributed by atoms with Crippen LogP contribution in [0.5, 0.6) is 0 Å². The third kappa shape index (κ3) is 9.03. The lowest BCUT2D eigenvalue weighted by Crippen LogP contribution is -2.62. The first-order chi connectivity index (χ1) is 21.9. The number of esters is 3. The third-order valence-electron chi connectivity index (χ3n) is 6.29. The van der Waals surface area contributed by atoms with Gasteiger partial charge in [-0.15, -0.1) is 0 Å². The van der Waals surface area contributed by atoms with Gasteiger partial charge in [-0.2, -0.15) is 21.6 Å². The summed E-state index contributed by atoms with van der Waals surface area (Å²) in [5.41, 5.74) is -7.07. The van der Waals surface area contributed by atoms with E-state index < -0.39 is 70.0 Å². The molecule has 0 bridgehead atoms. The van der Waals surface area contributed by atoms with Crippen LogP contribution in [-0.4, -0.2) is 74.0 Å². The Morgan fingerprint density at radius 2 is 1.20 bits per heavy atom. The van der Waals surface area contributed by atoms with Gasteiger partial charge in [-0.25, -0.2) is 14.4 Å². The summed E-state index contributed by atoms with van der Waals surface area (Å²) in [7, 11) is -4.16. The van der Waals surface area contributed by atoms with Crippen LogP contribution in [-0.2, 0) is 33.2 Å². The van der Waals surface area contributed by atoms with Crippen LogP contribution in [0.2, 0.25) is 0 Å². The summed E-state index contributed by atoms with van der Waals surface area (Å²) in [6.07, 6.45) is -7.74. The Bertz CT molecular complexity index is 1580. The molecule has 0 radical (unpaired) electrons. The molecule has 1 aliphatic rings. The molecule has 0 amide bonds. The van der Waals surface area contributed by atoms with Crippen LogP contribution in [0.15, 0.2) is 91.0 Å². The third-order valence-corrected chi connectivity index (χ3v) is 9.95. The molecule has 0 N–H and O–H groups in total. The van der Waals surface area contributed by atoms with Crippen LogP contribution in [0, 0.1) is 0 Å². The second kappa shape index (κ2) is 15.8. The molecule has 1 heterocycles. The topological polar surface area (TPSA) is 132 Å². The SMILES string of the molecule is CCSS[C@@H]1O[C@H](COC(=O)c2ccccc2)[C@H](OS(=O)(=O)C(F)(F)F)[C@H](OC(=O)c2ccccc2)[C@H]1OC(=O)c1ccccc1. The lowest BCUT2D eigenvalue weighted by atomic mass is 9.99. The Hall–Kier alpha value is -3.57. The van der Waals surface area contributed by atoms with Gasteiger partial charge in [0.15, 0.2) is 17.6 Å². The minimum absolute atomic E-state index is 0.0428. The van der Waals surface area contributed by atoms with Gasteiger partial charge in [0.1, 0.15) is 18.8 Å². The molecule has 10 nitrogen and oxygen atoms in total. The van der Waals surface area contributed by atoms with Crippen molar-refractivity contribution in [2.75, 3.05) is 12.4 Å². The van der Waals surface area contributed by atoms with E-state index in [0.717, 1.165) is 10.8 Å². The number of carbonyl (C=O) groups is 3. The van der Waals surface area contributed by atoms with Gasteiger partial charge in [0.2, 0.25) is 0 Å². The molecule has 1 saturated heterocycles. The number of ether oxygens (including phenoxy) is 4. The fourth-order valence-corrected chi connectivity index (χ4v) is 6.84. The van der Waals surface area contributed by atoms with E-state index in [1.807, 2.05) is 0 Å². The molecule has 4 rings (SSSR count). The number of carbonyl (C=O) groups excluding carboxylic acids is 3. The summed E-state index contributed by atoms with van der Waals surface area (Å²) in [5.74, 6) is -2.45. The summed E-state index contributed by atoms with van der Waals surface area (Å²) in [5, 5.41) is 0. The van der Waals surface area contributed by atoms with Gasteiger partial charge < -0.3 is 18.9 Å². The Labute approximate surface area is 270 Å². The maximum Gasteiger partial charge on any atom is 0.523 e. The second-order valence-corrected chi connectivity index (χ2v) is 13.8. The first-order valence-electron chi connectivity index (χ1n) is 13.6. The van der Waals surface area contributed by atoms with Gasteiger partial charge >= 0.3 is 33.5 Å². The number of benzene rings is 3. The van der Waals surface area contributed by atoms with Crippen molar-refractivity contribution < 1.29 is 59.1 Å². The van der Waals surface area contributed by atoms with E-state index in [-0.39, 0.29) is 16.7 Å². The number of alkyl halides is 3. The number of halogens is 3. The monoisotopic (exact) mass is 700 g/mol. The second-order valence-electron chi connectivity index (χ2n) is 9.44. The summed E-state index contributed by atoms with van der Waals surface area (Å²) < 4.78 is 92.8. The van der Waals surface area contributed by atoms with E-state index >= 15 is 0 Å². The Kier molecular flexibility index (Phi) is 12.1. The molecule has 1 fully saturated rings. The molecule has 46 heavy (non-hydrogen) atoms. The standard InChI is InChI=1S/C30H27F3O10S3/c1-2-44-45-29-25(42-28(36)21-16-10-5-11-17-21)24(41-27(35)20-14-8-4-9-15-20)23(43-46(37,38)30(31,32)33)22(40-29)18-39-26(34)19-12-6-3-7-13-19/h3-17,22-25,29H,2,18H2,1H3/t22-,23+,24+,25-,29+/m1/s1. The molecule has 0 aliphatic carbocycles. The Morgan fingerprint density at radius 3 is 1.65 bits per heavy atom. The molecular weight excluding hydrogens is 674 g/mol. The highest BCUT2D eigenvalue weighted by Crippen LogP contribution is 2.41. The molecule has 0 saturated carbocycles. The van der Waals surface area contributed by atoms with Crippen LogP contribution >= 0.6 is 21.6 Å². The van der Waals surface area contributed by atoms with Crippen LogP contribution < -0.4 is 0 Å². The van der Waals surface area contributed by atoms with Crippen molar-refractivity contribution in [2.45, 2.75) is 42.3 Å². The van der Waals surface area contributed by atoms with Gasteiger partial charge in [0.25, 0.3) is 0 Å². The van der Waals surface area contributed by atoms with Crippen molar-refractivity contribution in [1.29, 1.82) is 0 Å². The molecule has 1 aliphatic heterocycles. The highest BCUT2D eigenvalue weighted by atomic mass is 33.1. The highest BCUT2D eigenvalue weighted by molar-refractivity contribution is 8.76. The first kappa shape index (κ1) is 35.3. The molecular formula is C30H27F3O10S3. The van der Waals surface area contributed by atoms with E-state index in [0.29, 0.717) is 5.75 Å². The van der Waals surface area contributed by atoms with Crippen molar-refractivity contribution in [1.82, 2.24) is 0 Å². The fraction of sp³-hybridized carbons (Fsp3) is 0.300. The molecule has 3 aromatic rings. The molecule has 3 aromatic carbocycles. The van der Waals surface area contributed by atoms with Gasteiger partial charge in [0.05, 0.1) is 16.7 Å². The van der Waals surface area contributed by atoms with Crippen LogP contribution in [0.25, 0.3) is 0 Å². The minimum atomic E-state index is -6.36. The van der Waals surface area contributed by atoms with Crippen molar-refractivity contribution in [3.63, 3.8) is 0 Å². The van der Waals surface area contributed by atoms with E-state index in [2.05, 4.69) is 4.18 Å². The van der Waals surface area contributed by atoms with Crippen molar-refractivity contribution in [3.8, 4) is 0 Å². The lowest BCUT2D eigenvalue weighted by molar-refractivity contribution is -0.201. The van der Waals surface area contributed by atoms with Crippen LogP contribution in [0.3, 0.4) is 0 Å². The summed E-state index contributed by atoms with van der Waals surface area (Å²) in [6.45, 7) is 0.970. The van der Waals surface area contributed by atoms with E-state index in [1.54, 1.807) is 49.4 Å². The maximum atomic E-state index is 13.6. The van der Waals surface area contributed by atoms with Gasteiger partial charge in [0, 0.05) is 5.75 Å². The van der Waals surface area contributed by atoms with E-state index in [4.69, 9.17) is 18.9 Å². The smallest absolute Gasteiger partial charge is 0.459 e. The van der Waals surface area contributed by atoms with Crippen molar-refractivity contribution >= 4 is 49.6 Å². The zero-order valence-corrected chi connectivity index (χ0v) is 26.4. The zero-order chi connectivity index (χ0) is 33.3. The average Bonchev–Trinajstić information content (AvgIpc) is 3.05. The van der Waals surface area contributed by atoms with E-state index in [1.165, 1.54) is 59.3 Å². The van der Waals surface area contributed by atoms with Gasteiger partial charge in [-0.05, 0) is 36.4 Å². The van der Waals surface area contributed by atoms with Crippen LogP contribution in [0.4, 0.5) is 13.2 Å². The largest absolute Gasteiger partial charge is 0.523 e. The minimum Gasteiger partial charge on any atom is -0.459 e. The first-order valence-corrected chi connectivity index (χ1v) is 17.4. The maximum absolute atomic E-state index is 13.6. The number of hydrogen-bond acceptors (Lipinski definition) is 12. The van der Waals surface area contributed by atoms with Crippen molar-refractivity contribution in [2.24, 2.45) is 0 Å². The molecule has 0 spiro atoms. The summed E-state index contributed by atoms with van der Waals surface area (Å²) >= 11 is 0. The Balaban J connectivity index is 1.77. The molecule has 16 heteroatoms. The highest BCUT2D eigenvalue weighted by Gasteiger charge is 2.57. The fourth-order valence-electron chi connectivity index (χ4n) is 4.15. The molecule has 0 aromatic heterocycles. The molecule has 0 unspecified atom stereocenters. The van der Waals surface area contributed by atoms with Gasteiger partial charge in [-0.3, -0.25) is 4.18 Å². The average molecular weight is 701 g/mol. The zero-order valence-electron chi connectivity index (χ0n) is 23.9. The van der Waals surface area contributed by atoms with Gasteiger partial charge in [-0.1, -0.05) is 83.1 Å². The summed E-state index contributed by atoms with van der Waals surface area (Å²) in [6, 6.07) is 22.4. The molecule has 246 valence electrons. The summed E-state index contributed by atoms with van der Waals surface area (Å²) in [4.78, 5) is 39.2. The quantitative estimate of drug-likeness (QED) is 0.0760. The number of rotatable bonds is 12. The Morgan fingerprint density at radius 1 is 0.739 bits per heavy atom. The predicted molar refractivity (Wildman–Crippen MR) is 162 cm³/mol. The van der Waals surface area contributed by atoms with Crippen LogP contribution in [0.1, 0.15) is 38.0 Å². The molecule has 5 atom stereocenters. The predicted octanol–water partition coefficient (Wildman–Crippen LogP) is 5.66. The normalized spacial score (nSPS) is 21.6. The lowest BCUT2D eigenvalue weighted by Gasteiger charge is -2.44. The van der Waals surface area contributed by atoms with E-state index in [9.17, 15) is 36.0 Å². The van der Waals surface area contributed by atoms with Crippen molar-refractivity contribution in [3.05, 3.63) is 108 Å².